The Balaban J connectivity index is 1.82. The lowest BCUT2D eigenvalue weighted by atomic mass is 9.88. The summed E-state index contributed by atoms with van der Waals surface area (Å²) in [5, 5.41) is 4.28. The molecule has 6 nitrogen and oxygen atoms in total. The Morgan fingerprint density at radius 2 is 1.84 bits per heavy atom. The van der Waals surface area contributed by atoms with Gasteiger partial charge in [-0.1, -0.05) is 18.5 Å². The Hall–Kier alpha value is -1.30. The summed E-state index contributed by atoms with van der Waals surface area (Å²) >= 11 is 0. The smallest absolute Gasteiger partial charge is 0.409 e. The highest BCUT2D eigenvalue weighted by molar-refractivity contribution is 5.86. The van der Waals surface area contributed by atoms with Crippen LogP contribution in [0.25, 0.3) is 0 Å². The first-order chi connectivity index (χ1) is 12.2. The van der Waals surface area contributed by atoms with Gasteiger partial charge in [0.2, 0.25) is 0 Å². The zero-order valence-electron chi connectivity index (χ0n) is 16.2. The molecule has 2 heterocycles. The highest BCUT2D eigenvalue weighted by Gasteiger charge is 2.30. The Bertz CT molecular complexity index is 434. The number of likely N-dealkylation sites (tertiary alicyclic amines) is 2. The molecule has 2 aliphatic rings. The topological polar surface area (TPSA) is 54.4 Å². The van der Waals surface area contributed by atoms with E-state index in [2.05, 4.69) is 17.0 Å². The van der Waals surface area contributed by atoms with E-state index in [-0.39, 0.29) is 6.09 Å². The van der Waals surface area contributed by atoms with Gasteiger partial charge in [-0.3, -0.25) is 0 Å². The van der Waals surface area contributed by atoms with Crippen molar-refractivity contribution in [2.75, 3.05) is 39.9 Å². The maximum Gasteiger partial charge on any atom is 0.409 e. The highest BCUT2D eigenvalue weighted by Crippen LogP contribution is 2.26. The molecule has 6 heteroatoms. The van der Waals surface area contributed by atoms with Gasteiger partial charge >= 0.3 is 6.09 Å². The number of rotatable bonds is 6. The Morgan fingerprint density at radius 3 is 2.48 bits per heavy atom. The monoisotopic (exact) mass is 353 g/mol. The third-order valence-electron chi connectivity index (χ3n) is 5.46. The maximum absolute atomic E-state index is 11.9. The van der Waals surface area contributed by atoms with Crippen molar-refractivity contribution in [1.82, 2.24) is 9.80 Å². The largest absolute Gasteiger partial charge is 0.450 e. The quantitative estimate of drug-likeness (QED) is 0.542. The number of oxime groups is 1. The normalized spacial score (nSPS) is 24.0. The number of nitrogens with zero attached hydrogens (tertiary/aromatic N) is 3. The summed E-state index contributed by atoms with van der Waals surface area (Å²) in [6, 6.07) is 0.592. The van der Waals surface area contributed by atoms with Gasteiger partial charge in [-0.05, 0) is 58.5 Å². The minimum atomic E-state index is -0.151. The van der Waals surface area contributed by atoms with E-state index >= 15 is 0 Å². The Labute approximate surface area is 152 Å². The van der Waals surface area contributed by atoms with E-state index in [9.17, 15) is 4.79 Å². The van der Waals surface area contributed by atoms with Gasteiger partial charge in [0.05, 0.1) is 12.3 Å². The first-order valence-corrected chi connectivity index (χ1v) is 9.95. The van der Waals surface area contributed by atoms with Crippen LogP contribution in [0.4, 0.5) is 4.79 Å². The molecule has 2 saturated heterocycles. The van der Waals surface area contributed by atoms with Gasteiger partial charge in [-0.25, -0.2) is 4.79 Å². The van der Waals surface area contributed by atoms with Gasteiger partial charge < -0.3 is 19.4 Å². The van der Waals surface area contributed by atoms with Crippen LogP contribution in [0, 0.1) is 5.92 Å². The molecule has 1 unspecified atom stereocenters. The summed E-state index contributed by atoms with van der Waals surface area (Å²) in [6.45, 7) is 8.41. The van der Waals surface area contributed by atoms with Crippen LogP contribution in [0.2, 0.25) is 0 Å². The van der Waals surface area contributed by atoms with Gasteiger partial charge in [0.25, 0.3) is 0 Å². The number of piperidine rings is 1. The molecule has 0 N–H and O–H groups in total. The average Bonchev–Trinajstić information content (AvgIpc) is 2.88. The predicted molar refractivity (Wildman–Crippen MR) is 99.9 cm³/mol. The number of ether oxygens (including phenoxy) is 1. The van der Waals surface area contributed by atoms with Crippen LogP contribution in [0.1, 0.15) is 58.8 Å². The molecule has 2 aliphatic heterocycles. The lowest BCUT2D eigenvalue weighted by molar-refractivity contribution is 0.105. The number of hydrogen-bond acceptors (Lipinski definition) is 5. The van der Waals surface area contributed by atoms with E-state index in [1.54, 1.807) is 7.11 Å². The van der Waals surface area contributed by atoms with E-state index in [1.165, 1.54) is 25.0 Å². The number of carbonyl (C=O) groups excluding carboxylic acids is 1. The molecule has 0 aliphatic carbocycles. The number of hydrogen-bond donors (Lipinski definition) is 0. The minimum absolute atomic E-state index is 0.151. The summed E-state index contributed by atoms with van der Waals surface area (Å²) in [4.78, 5) is 21.5. The fraction of sp³-hybridized carbons (Fsp3) is 0.895. The summed E-state index contributed by atoms with van der Waals surface area (Å²) in [6.07, 6.45) is 7.63. The van der Waals surface area contributed by atoms with Gasteiger partial charge in [-0.15, -0.1) is 0 Å². The van der Waals surface area contributed by atoms with Crippen LogP contribution < -0.4 is 0 Å². The number of carbonyl (C=O) groups is 1. The fourth-order valence-corrected chi connectivity index (χ4v) is 4.14. The Kier molecular flexibility index (Phi) is 8.52. The second kappa shape index (κ2) is 10.6. The molecule has 0 aromatic heterocycles. The van der Waals surface area contributed by atoms with Crippen molar-refractivity contribution in [2.45, 2.75) is 64.8 Å². The summed E-state index contributed by atoms with van der Waals surface area (Å²) in [7, 11) is 1.64. The van der Waals surface area contributed by atoms with Crippen molar-refractivity contribution >= 4 is 11.8 Å². The van der Waals surface area contributed by atoms with Crippen LogP contribution >= 0.6 is 0 Å². The molecule has 1 atom stereocenters. The van der Waals surface area contributed by atoms with Crippen molar-refractivity contribution in [3.05, 3.63) is 0 Å². The first-order valence-electron chi connectivity index (χ1n) is 9.95. The van der Waals surface area contributed by atoms with Crippen molar-refractivity contribution < 1.29 is 14.4 Å². The molecule has 2 fully saturated rings. The zero-order valence-corrected chi connectivity index (χ0v) is 16.2. The molecule has 0 aromatic rings. The summed E-state index contributed by atoms with van der Waals surface area (Å²) in [5.41, 5.74) is 1.24. The van der Waals surface area contributed by atoms with Gasteiger partial charge in [0.15, 0.2) is 0 Å². The maximum atomic E-state index is 11.9. The van der Waals surface area contributed by atoms with Crippen LogP contribution in [0.3, 0.4) is 0 Å². The second-order valence-electron chi connectivity index (χ2n) is 7.10. The van der Waals surface area contributed by atoms with Crippen molar-refractivity contribution in [2.24, 2.45) is 11.1 Å². The third kappa shape index (κ3) is 5.87. The van der Waals surface area contributed by atoms with Gasteiger partial charge in [-0.2, -0.15) is 0 Å². The van der Waals surface area contributed by atoms with Crippen LogP contribution in [-0.4, -0.2) is 67.5 Å². The van der Waals surface area contributed by atoms with E-state index < -0.39 is 0 Å². The van der Waals surface area contributed by atoms with Gasteiger partial charge in [0, 0.05) is 25.0 Å². The van der Waals surface area contributed by atoms with E-state index in [1.807, 2.05) is 11.8 Å². The second-order valence-corrected chi connectivity index (χ2v) is 7.10. The number of amides is 1. The summed E-state index contributed by atoms with van der Waals surface area (Å²) in [5.74, 6) is 0.568. The molecule has 144 valence electrons. The molecule has 0 saturated carbocycles. The Morgan fingerprint density at radius 1 is 1.08 bits per heavy atom. The van der Waals surface area contributed by atoms with Crippen molar-refractivity contribution in [1.29, 1.82) is 0 Å². The van der Waals surface area contributed by atoms with Crippen LogP contribution in [0.15, 0.2) is 5.16 Å². The predicted octanol–water partition coefficient (Wildman–Crippen LogP) is 3.51. The fourth-order valence-electron chi connectivity index (χ4n) is 4.14. The molecular weight excluding hydrogens is 318 g/mol. The highest BCUT2D eigenvalue weighted by atomic mass is 16.6. The lowest BCUT2D eigenvalue weighted by Gasteiger charge is -2.37. The molecule has 2 rings (SSSR count). The van der Waals surface area contributed by atoms with Crippen molar-refractivity contribution in [3.8, 4) is 0 Å². The van der Waals surface area contributed by atoms with E-state index in [4.69, 9.17) is 9.57 Å². The SMILES string of the molecule is CCC/C(=N/OC)C1CCN(C2CCCN(C(=O)OCC)CC2)CC1. The lowest BCUT2D eigenvalue weighted by Crippen LogP contribution is -2.43. The molecule has 0 spiro atoms. The molecular formula is C19H35N3O3. The molecule has 1 amide bonds. The van der Waals surface area contributed by atoms with Crippen LogP contribution in [-0.2, 0) is 9.57 Å². The van der Waals surface area contributed by atoms with Crippen molar-refractivity contribution in [3.63, 3.8) is 0 Å². The van der Waals surface area contributed by atoms with Crippen LogP contribution in [0.5, 0.6) is 0 Å². The molecule has 0 bridgehead atoms. The average molecular weight is 354 g/mol. The summed E-state index contributed by atoms with van der Waals surface area (Å²) < 4.78 is 5.15. The van der Waals surface area contributed by atoms with E-state index in [0.29, 0.717) is 18.6 Å². The standard InChI is InChI=1S/C19H35N3O3/c1-4-7-18(20-24-3)16-9-13-21(14-10-16)17-8-6-12-22(15-11-17)19(23)25-5-2/h16-17H,4-15H2,1-3H3/b20-18-. The third-order valence-corrected chi connectivity index (χ3v) is 5.46. The molecule has 25 heavy (non-hydrogen) atoms. The zero-order chi connectivity index (χ0) is 18.1. The first kappa shape index (κ1) is 20.0. The molecule has 0 aromatic carbocycles. The minimum Gasteiger partial charge on any atom is -0.450 e. The molecule has 0 radical (unpaired) electrons. The van der Waals surface area contributed by atoms with E-state index in [0.717, 1.165) is 51.9 Å². The van der Waals surface area contributed by atoms with Gasteiger partial charge in [0.1, 0.15) is 7.11 Å².